The quantitative estimate of drug-likeness (QED) is 0.819. The van der Waals surface area contributed by atoms with Crippen molar-refractivity contribution >= 4 is 17.3 Å². The SMILES string of the molecule is CC[C@H](C)Nc1ccc(N)cc1C(=O)N1CCCC1. The van der Waals surface area contributed by atoms with Crippen LogP contribution in [-0.4, -0.2) is 29.9 Å². The highest BCUT2D eigenvalue weighted by Crippen LogP contribution is 2.23. The van der Waals surface area contributed by atoms with Crippen molar-refractivity contribution in [1.29, 1.82) is 0 Å². The van der Waals surface area contributed by atoms with Crippen LogP contribution in [0.5, 0.6) is 0 Å². The molecule has 0 aliphatic carbocycles. The second-order valence-corrected chi connectivity index (χ2v) is 5.26. The smallest absolute Gasteiger partial charge is 0.256 e. The first-order valence-electron chi connectivity index (χ1n) is 7.07. The van der Waals surface area contributed by atoms with Crippen molar-refractivity contribution in [2.75, 3.05) is 24.1 Å². The number of hydrogen-bond acceptors (Lipinski definition) is 3. The topological polar surface area (TPSA) is 58.4 Å². The Kier molecular flexibility index (Phi) is 4.30. The molecular weight excluding hydrogens is 238 g/mol. The van der Waals surface area contributed by atoms with Crippen molar-refractivity contribution in [3.63, 3.8) is 0 Å². The maximum absolute atomic E-state index is 12.5. The highest BCUT2D eigenvalue weighted by molar-refractivity contribution is 6.00. The first kappa shape index (κ1) is 13.7. The fourth-order valence-corrected chi connectivity index (χ4v) is 2.32. The third-order valence-corrected chi connectivity index (χ3v) is 3.68. The molecule has 1 aromatic carbocycles. The van der Waals surface area contributed by atoms with E-state index < -0.39 is 0 Å². The molecule has 1 saturated heterocycles. The van der Waals surface area contributed by atoms with Crippen molar-refractivity contribution in [2.24, 2.45) is 0 Å². The van der Waals surface area contributed by atoms with Gasteiger partial charge in [-0.1, -0.05) is 6.92 Å². The van der Waals surface area contributed by atoms with Gasteiger partial charge in [-0.3, -0.25) is 4.79 Å². The van der Waals surface area contributed by atoms with Crippen LogP contribution in [0.2, 0.25) is 0 Å². The minimum Gasteiger partial charge on any atom is -0.399 e. The molecule has 4 heteroatoms. The van der Waals surface area contributed by atoms with Crippen LogP contribution in [0, 0.1) is 0 Å². The van der Waals surface area contributed by atoms with Crippen LogP contribution < -0.4 is 11.1 Å². The van der Waals surface area contributed by atoms with Gasteiger partial charge in [-0.2, -0.15) is 0 Å². The zero-order chi connectivity index (χ0) is 13.8. The van der Waals surface area contributed by atoms with Crippen LogP contribution in [0.25, 0.3) is 0 Å². The molecule has 0 spiro atoms. The molecule has 1 amide bonds. The number of carbonyl (C=O) groups is 1. The first-order chi connectivity index (χ1) is 9.11. The van der Waals surface area contributed by atoms with Crippen LogP contribution in [0.4, 0.5) is 11.4 Å². The lowest BCUT2D eigenvalue weighted by atomic mass is 10.1. The molecule has 0 aromatic heterocycles. The molecule has 1 atom stereocenters. The summed E-state index contributed by atoms with van der Waals surface area (Å²) in [7, 11) is 0. The number of likely N-dealkylation sites (tertiary alicyclic amines) is 1. The number of nitrogens with zero attached hydrogens (tertiary/aromatic N) is 1. The number of rotatable bonds is 4. The molecule has 4 nitrogen and oxygen atoms in total. The first-order valence-corrected chi connectivity index (χ1v) is 7.07. The van der Waals surface area contributed by atoms with Crippen LogP contribution in [0.15, 0.2) is 18.2 Å². The number of nitrogen functional groups attached to an aromatic ring is 1. The number of hydrogen-bond donors (Lipinski definition) is 2. The highest BCUT2D eigenvalue weighted by Gasteiger charge is 2.22. The summed E-state index contributed by atoms with van der Waals surface area (Å²) in [5.74, 6) is 0.0932. The lowest BCUT2D eigenvalue weighted by Gasteiger charge is -2.20. The van der Waals surface area contributed by atoms with E-state index >= 15 is 0 Å². The van der Waals surface area contributed by atoms with E-state index in [2.05, 4.69) is 19.2 Å². The lowest BCUT2D eigenvalue weighted by molar-refractivity contribution is 0.0794. The molecule has 3 N–H and O–H groups in total. The molecule has 0 bridgehead atoms. The Hall–Kier alpha value is -1.71. The molecule has 0 saturated carbocycles. The van der Waals surface area contributed by atoms with Crippen molar-refractivity contribution in [1.82, 2.24) is 4.90 Å². The van der Waals surface area contributed by atoms with E-state index in [0.29, 0.717) is 17.3 Å². The van der Waals surface area contributed by atoms with E-state index in [0.717, 1.165) is 38.0 Å². The predicted molar refractivity (Wildman–Crippen MR) is 79.4 cm³/mol. The summed E-state index contributed by atoms with van der Waals surface area (Å²) in [5.41, 5.74) is 8.05. The molecule has 1 aliphatic rings. The fraction of sp³-hybridized carbons (Fsp3) is 0.533. The van der Waals surface area contributed by atoms with Gasteiger partial charge in [0, 0.05) is 30.5 Å². The minimum atomic E-state index is 0.0932. The Balaban J connectivity index is 2.25. The Morgan fingerprint density at radius 1 is 1.42 bits per heavy atom. The standard InChI is InChI=1S/C15H23N3O/c1-3-11(2)17-14-7-6-12(16)10-13(14)15(19)18-8-4-5-9-18/h6-7,10-11,17H,3-5,8-9,16H2,1-2H3/t11-/m0/s1. The zero-order valence-electron chi connectivity index (χ0n) is 11.8. The monoisotopic (exact) mass is 261 g/mol. The summed E-state index contributed by atoms with van der Waals surface area (Å²) < 4.78 is 0. The average Bonchev–Trinajstić information content (AvgIpc) is 2.93. The maximum Gasteiger partial charge on any atom is 0.256 e. The van der Waals surface area contributed by atoms with Crippen molar-refractivity contribution < 1.29 is 4.79 Å². The van der Waals surface area contributed by atoms with E-state index in [9.17, 15) is 4.79 Å². The van der Waals surface area contributed by atoms with Gasteiger partial charge in [0.05, 0.1) is 5.56 Å². The molecule has 0 radical (unpaired) electrons. The third-order valence-electron chi connectivity index (χ3n) is 3.68. The molecule has 2 rings (SSSR count). The van der Waals surface area contributed by atoms with Crippen molar-refractivity contribution in [3.05, 3.63) is 23.8 Å². The van der Waals surface area contributed by atoms with Gasteiger partial charge in [-0.15, -0.1) is 0 Å². The maximum atomic E-state index is 12.5. The molecule has 0 unspecified atom stereocenters. The molecule has 1 aromatic rings. The van der Waals surface area contributed by atoms with Gasteiger partial charge in [0.25, 0.3) is 5.91 Å². The molecule has 1 fully saturated rings. The van der Waals surface area contributed by atoms with Crippen LogP contribution in [0.3, 0.4) is 0 Å². The Morgan fingerprint density at radius 2 is 2.11 bits per heavy atom. The molecule has 104 valence electrons. The molecule has 19 heavy (non-hydrogen) atoms. The average molecular weight is 261 g/mol. The van der Waals surface area contributed by atoms with Crippen LogP contribution >= 0.6 is 0 Å². The van der Waals surface area contributed by atoms with Crippen LogP contribution in [0.1, 0.15) is 43.5 Å². The summed E-state index contributed by atoms with van der Waals surface area (Å²) in [6, 6.07) is 5.87. The Morgan fingerprint density at radius 3 is 2.74 bits per heavy atom. The second-order valence-electron chi connectivity index (χ2n) is 5.26. The summed E-state index contributed by atoms with van der Waals surface area (Å²) in [4.78, 5) is 14.4. The van der Waals surface area contributed by atoms with Gasteiger partial charge in [-0.25, -0.2) is 0 Å². The summed E-state index contributed by atoms with van der Waals surface area (Å²) in [5, 5.41) is 3.39. The van der Waals surface area contributed by atoms with Gasteiger partial charge < -0.3 is 16.0 Å². The molecule has 1 heterocycles. The van der Waals surface area contributed by atoms with E-state index in [1.807, 2.05) is 17.0 Å². The van der Waals surface area contributed by atoms with Gasteiger partial charge in [0.2, 0.25) is 0 Å². The van der Waals surface area contributed by atoms with Crippen LogP contribution in [-0.2, 0) is 0 Å². The van der Waals surface area contributed by atoms with Gasteiger partial charge in [0.15, 0.2) is 0 Å². The van der Waals surface area contributed by atoms with E-state index in [4.69, 9.17) is 5.73 Å². The van der Waals surface area contributed by atoms with Gasteiger partial charge in [-0.05, 0) is 44.4 Å². The number of anilines is 2. The number of nitrogens with two attached hydrogens (primary N) is 1. The molecule has 1 aliphatic heterocycles. The fourth-order valence-electron chi connectivity index (χ4n) is 2.32. The minimum absolute atomic E-state index is 0.0932. The largest absolute Gasteiger partial charge is 0.399 e. The number of benzene rings is 1. The van der Waals surface area contributed by atoms with Gasteiger partial charge in [0.1, 0.15) is 0 Å². The normalized spacial score (nSPS) is 16.4. The lowest BCUT2D eigenvalue weighted by Crippen LogP contribution is -2.29. The number of carbonyl (C=O) groups excluding carboxylic acids is 1. The van der Waals surface area contributed by atoms with E-state index in [-0.39, 0.29) is 5.91 Å². The van der Waals surface area contributed by atoms with Crippen molar-refractivity contribution in [2.45, 2.75) is 39.2 Å². The number of amides is 1. The number of nitrogens with one attached hydrogen (secondary N) is 1. The van der Waals surface area contributed by atoms with Gasteiger partial charge >= 0.3 is 0 Å². The Bertz CT molecular complexity index is 453. The highest BCUT2D eigenvalue weighted by atomic mass is 16.2. The van der Waals surface area contributed by atoms with E-state index in [1.54, 1.807) is 6.07 Å². The second kappa shape index (κ2) is 5.95. The predicted octanol–water partition coefficient (Wildman–Crippen LogP) is 2.72. The summed E-state index contributed by atoms with van der Waals surface area (Å²) in [6.07, 6.45) is 3.21. The van der Waals surface area contributed by atoms with Crippen molar-refractivity contribution in [3.8, 4) is 0 Å². The zero-order valence-corrected chi connectivity index (χ0v) is 11.8. The molecular formula is C15H23N3O. The Labute approximate surface area is 115 Å². The summed E-state index contributed by atoms with van der Waals surface area (Å²) >= 11 is 0. The summed E-state index contributed by atoms with van der Waals surface area (Å²) in [6.45, 7) is 5.95. The van der Waals surface area contributed by atoms with E-state index in [1.165, 1.54) is 0 Å². The third kappa shape index (κ3) is 3.19.